The van der Waals surface area contributed by atoms with Gasteiger partial charge in [0.15, 0.2) is 0 Å². The summed E-state index contributed by atoms with van der Waals surface area (Å²) in [6.45, 7) is 0.788. The Morgan fingerprint density at radius 3 is 1.85 bits per heavy atom. The van der Waals surface area contributed by atoms with Crippen LogP contribution in [0.4, 0.5) is 0 Å². The number of aliphatic hydroxyl groups is 2. The van der Waals surface area contributed by atoms with Gasteiger partial charge in [-0.3, -0.25) is 0 Å². The molecular formula is C10H15NO2. The minimum atomic E-state index is 0.0184. The maximum absolute atomic E-state index is 8.95. The van der Waals surface area contributed by atoms with Crippen molar-refractivity contribution in [2.75, 3.05) is 7.05 Å². The van der Waals surface area contributed by atoms with E-state index in [1.165, 1.54) is 0 Å². The summed E-state index contributed by atoms with van der Waals surface area (Å²) < 4.78 is 0. The van der Waals surface area contributed by atoms with Crippen LogP contribution in [0.1, 0.15) is 16.7 Å². The van der Waals surface area contributed by atoms with Gasteiger partial charge in [0, 0.05) is 6.54 Å². The second-order valence-corrected chi connectivity index (χ2v) is 3.00. The minimum absolute atomic E-state index is 0.0184. The highest BCUT2D eigenvalue weighted by Crippen LogP contribution is 2.10. The van der Waals surface area contributed by atoms with Crippen LogP contribution in [-0.2, 0) is 19.8 Å². The molecule has 13 heavy (non-hydrogen) atoms. The van der Waals surface area contributed by atoms with E-state index in [0.717, 1.165) is 23.2 Å². The van der Waals surface area contributed by atoms with Crippen molar-refractivity contribution in [3.8, 4) is 0 Å². The maximum atomic E-state index is 8.95. The summed E-state index contributed by atoms with van der Waals surface area (Å²) in [6, 6.07) is 5.66. The van der Waals surface area contributed by atoms with Gasteiger partial charge in [0.05, 0.1) is 13.2 Å². The predicted molar refractivity (Wildman–Crippen MR) is 51.1 cm³/mol. The summed E-state index contributed by atoms with van der Waals surface area (Å²) in [5.41, 5.74) is 2.77. The van der Waals surface area contributed by atoms with Gasteiger partial charge in [0.2, 0.25) is 0 Å². The van der Waals surface area contributed by atoms with Crippen molar-refractivity contribution in [1.29, 1.82) is 0 Å². The first-order chi connectivity index (χ1) is 6.30. The zero-order valence-corrected chi connectivity index (χ0v) is 7.75. The first-order valence-electron chi connectivity index (χ1n) is 4.28. The summed E-state index contributed by atoms with van der Waals surface area (Å²) in [5, 5.41) is 20.9. The van der Waals surface area contributed by atoms with Crippen LogP contribution < -0.4 is 5.32 Å². The Balaban J connectivity index is 2.93. The van der Waals surface area contributed by atoms with E-state index in [2.05, 4.69) is 5.32 Å². The lowest BCUT2D eigenvalue weighted by Gasteiger charge is -2.06. The molecule has 1 aromatic carbocycles. The second-order valence-electron chi connectivity index (χ2n) is 3.00. The van der Waals surface area contributed by atoms with Crippen molar-refractivity contribution >= 4 is 0 Å². The Labute approximate surface area is 78.0 Å². The molecule has 0 saturated carbocycles. The van der Waals surface area contributed by atoms with Gasteiger partial charge in [-0.05, 0) is 23.7 Å². The normalized spacial score (nSPS) is 10.4. The molecule has 3 N–H and O–H groups in total. The van der Waals surface area contributed by atoms with Gasteiger partial charge >= 0.3 is 0 Å². The molecule has 0 spiro atoms. The molecular weight excluding hydrogens is 166 g/mol. The highest BCUT2D eigenvalue weighted by Gasteiger charge is 1.98. The molecule has 0 unspecified atom stereocenters. The van der Waals surface area contributed by atoms with E-state index >= 15 is 0 Å². The van der Waals surface area contributed by atoms with Gasteiger partial charge in [-0.15, -0.1) is 0 Å². The largest absolute Gasteiger partial charge is 0.392 e. The number of hydrogen-bond acceptors (Lipinski definition) is 3. The van der Waals surface area contributed by atoms with Gasteiger partial charge in [-0.25, -0.2) is 0 Å². The molecule has 0 atom stereocenters. The Bertz CT molecular complexity index is 251. The molecule has 0 aromatic heterocycles. The van der Waals surface area contributed by atoms with Gasteiger partial charge in [-0.1, -0.05) is 18.2 Å². The maximum Gasteiger partial charge on any atom is 0.0682 e. The van der Waals surface area contributed by atoms with Crippen molar-refractivity contribution in [2.24, 2.45) is 0 Å². The number of nitrogens with one attached hydrogen (secondary N) is 1. The third kappa shape index (κ3) is 2.81. The lowest BCUT2D eigenvalue weighted by molar-refractivity contribution is 0.275. The molecule has 3 heteroatoms. The summed E-state index contributed by atoms with van der Waals surface area (Å²) in [5.74, 6) is 0. The summed E-state index contributed by atoms with van der Waals surface area (Å²) in [6.07, 6.45) is 0. The fourth-order valence-electron chi connectivity index (χ4n) is 1.33. The lowest BCUT2D eigenvalue weighted by Crippen LogP contribution is -2.06. The highest BCUT2D eigenvalue weighted by molar-refractivity contribution is 5.29. The molecule has 1 rings (SSSR count). The first kappa shape index (κ1) is 10.2. The number of rotatable bonds is 4. The van der Waals surface area contributed by atoms with Gasteiger partial charge in [0.25, 0.3) is 0 Å². The van der Waals surface area contributed by atoms with Crippen LogP contribution in [0.2, 0.25) is 0 Å². The van der Waals surface area contributed by atoms with Gasteiger partial charge in [0.1, 0.15) is 0 Å². The molecule has 0 aliphatic rings. The molecule has 0 aliphatic carbocycles. The van der Waals surface area contributed by atoms with E-state index in [9.17, 15) is 0 Å². The van der Waals surface area contributed by atoms with E-state index in [1.807, 2.05) is 19.2 Å². The number of aliphatic hydroxyl groups excluding tert-OH is 2. The molecule has 0 aliphatic heterocycles. The quantitative estimate of drug-likeness (QED) is 0.630. The van der Waals surface area contributed by atoms with E-state index in [4.69, 9.17) is 10.2 Å². The van der Waals surface area contributed by atoms with E-state index in [0.29, 0.717) is 0 Å². The van der Waals surface area contributed by atoms with Crippen molar-refractivity contribution in [2.45, 2.75) is 19.8 Å². The first-order valence-corrected chi connectivity index (χ1v) is 4.28. The Morgan fingerprint density at radius 1 is 1.00 bits per heavy atom. The summed E-state index contributed by atoms with van der Waals surface area (Å²) in [4.78, 5) is 0. The standard InChI is InChI=1S/C10H15NO2/c1-11-5-8-2-9(6-12)4-10(3-8)7-13/h2-4,11-13H,5-7H2,1H3. The van der Waals surface area contributed by atoms with Crippen LogP contribution in [-0.4, -0.2) is 17.3 Å². The molecule has 0 amide bonds. The van der Waals surface area contributed by atoms with Crippen LogP contribution in [0.3, 0.4) is 0 Å². The topological polar surface area (TPSA) is 52.5 Å². The predicted octanol–water partition coefficient (Wildman–Crippen LogP) is 0.391. The molecule has 0 bridgehead atoms. The molecule has 0 radical (unpaired) electrons. The molecule has 3 nitrogen and oxygen atoms in total. The average molecular weight is 181 g/mol. The van der Waals surface area contributed by atoms with Crippen LogP contribution in [0.25, 0.3) is 0 Å². The van der Waals surface area contributed by atoms with E-state index in [-0.39, 0.29) is 13.2 Å². The van der Waals surface area contributed by atoms with Crippen LogP contribution in [0.5, 0.6) is 0 Å². The summed E-state index contributed by atoms with van der Waals surface area (Å²) >= 11 is 0. The van der Waals surface area contributed by atoms with E-state index in [1.54, 1.807) is 6.07 Å². The fraction of sp³-hybridized carbons (Fsp3) is 0.400. The van der Waals surface area contributed by atoms with Crippen LogP contribution in [0.15, 0.2) is 18.2 Å². The number of hydrogen-bond donors (Lipinski definition) is 3. The monoisotopic (exact) mass is 181 g/mol. The molecule has 1 aromatic rings. The van der Waals surface area contributed by atoms with Gasteiger partial charge < -0.3 is 15.5 Å². The van der Waals surface area contributed by atoms with Crippen molar-refractivity contribution in [1.82, 2.24) is 5.32 Å². The molecule has 72 valence electrons. The third-order valence-corrected chi connectivity index (χ3v) is 1.86. The third-order valence-electron chi connectivity index (χ3n) is 1.86. The molecule has 0 saturated heterocycles. The SMILES string of the molecule is CNCc1cc(CO)cc(CO)c1. The van der Waals surface area contributed by atoms with Crippen molar-refractivity contribution in [3.05, 3.63) is 34.9 Å². The highest BCUT2D eigenvalue weighted by atomic mass is 16.3. The van der Waals surface area contributed by atoms with Gasteiger partial charge in [-0.2, -0.15) is 0 Å². The smallest absolute Gasteiger partial charge is 0.0682 e. The van der Waals surface area contributed by atoms with E-state index < -0.39 is 0 Å². The Hall–Kier alpha value is -0.900. The fourth-order valence-corrected chi connectivity index (χ4v) is 1.33. The Kier molecular flexibility index (Phi) is 3.89. The average Bonchev–Trinajstić information content (AvgIpc) is 2.17. The number of benzene rings is 1. The lowest BCUT2D eigenvalue weighted by atomic mass is 10.1. The van der Waals surface area contributed by atoms with Crippen molar-refractivity contribution in [3.63, 3.8) is 0 Å². The Morgan fingerprint density at radius 2 is 1.46 bits per heavy atom. The zero-order chi connectivity index (χ0) is 9.68. The molecule has 0 heterocycles. The summed E-state index contributed by atoms with van der Waals surface area (Å²) in [7, 11) is 1.87. The zero-order valence-electron chi connectivity index (χ0n) is 7.75. The second kappa shape index (κ2) is 4.97. The molecule has 0 fully saturated rings. The van der Waals surface area contributed by atoms with Crippen LogP contribution in [0, 0.1) is 0 Å². The minimum Gasteiger partial charge on any atom is -0.392 e. The van der Waals surface area contributed by atoms with Crippen LogP contribution >= 0.6 is 0 Å². The van der Waals surface area contributed by atoms with Crippen molar-refractivity contribution < 1.29 is 10.2 Å².